The molecule has 1 saturated heterocycles. The number of fused-ring (bicyclic) bond motifs is 1. The van der Waals surface area contributed by atoms with Crippen LogP contribution >= 0.6 is 0 Å². The van der Waals surface area contributed by atoms with Crippen molar-refractivity contribution in [2.45, 2.75) is 44.9 Å². The Hall–Kier alpha value is -3.06. The number of nitrogens with zero attached hydrogens (tertiary/aromatic N) is 2. The highest BCUT2D eigenvalue weighted by Crippen LogP contribution is 2.44. The summed E-state index contributed by atoms with van der Waals surface area (Å²) in [6.45, 7) is 6.15. The van der Waals surface area contributed by atoms with E-state index in [0.717, 1.165) is 42.8 Å². The zero-order chi connectivity index (χ0) is 23.2. The topological polar surface area (TPSA) is 54.5 Å². The van der Waals surface area contributed by atoms with Crippen LogP contribution in [0.15, 0.2) is 48.4 Å². The van der Waals surface area contributed by atoms with E-state index in [4.69, 9.17) is 4.74 Å². The van der Waals surface area contributed by atoms with Crippen molar-refractivity contribution in [3.8, 4) is 0 Å². The van der Waals surface area contributed by atoms with Gasteiger partial charge in [-0.1, -0.05) is 6.07 Å². The van der Waals surface area contributed by atoms with E-state index in [0.29, 0.717) is 35.5 Å². The van der Waals surface area contributed by atoms with Gasteiger partial charge in [0, 0.05) is 48.1 Å². The Morgan fingerprint density at radius 1 is 1.27 bits per heavy atom. The molecule has 1 N–H and O–H groups in total. The maximum Gasteiger partial charge on any atom is 0.260 e. The van der Waals surface area contributed by atoms with Crippen molar-refractivity contribution in [1.82, 2.24) is 9.88 Å². The van der Waals surface area contributed by atoms with Crippen molar-refractivity contribution in [2.75, 3.05) is 25.0 Å². The summed E-state index contributed by atoms with van der Waals surface area (Å²) >= 11 is 0. The number of amides is 1. The van der Waals surface area contributed by atoms with E-state index in [1.165, 1.54) is 12.1 Å². The molecule has 1 aromatic heterocycles. The molecule has 3 aliphatic rings. The lowest BCUT2D eigenvalue weighted by Gasteiger charge is -2.28. The van der Waals surface area contributed by atoms with Crippen LogP contribution in [0.5, 0.6) is 0 Å². The van der Waals surface area contributed by atoms with Crippen LogP contribution in [0, 0.1) is 5.82 Å². The van der Waals surface area contributed by atoms with Crippen molar-refractivity contribution >= 4 is 22.7 Å². The highest BCUT2D eigenvalue weighted by molar-refractivity contribution is 6.32. The number of rotatable bonds is 4. The van der Waals surface area contributed by atoms with Crippen molar-refractivity contribution in [2.24, 2.45) is 0 Å². The number of carbonyl (C=O) groups is 1. The summed E-state index contributed by atoms with van der Waals surface area (Å²) in [7, 11) is 0. The Balaban J connectivity index is 1.37. The molecule has 0 radical (unpaired) electrons. The number of likely N-dealkylation sites (tertiary alicyclic amines) is 1. The normalized spacial score (nSPS) is 24.3. The van der Waals surface area contributed by atoms with Gasteiger partial charge in [0.05, 0.1) is 11.3 Å². The summed E-state index contributed by atoms with van der Waals surface area (Å²) in [6, 6.07) is 8.25. The molecule has 4 heterocycles. The average Bonchev–Trinajstić information content (AvgIpc) is 3.26. The van der Waals surface area contributed by atoms with Gasteiger partial charge in [-0.2, -0.15) is 0 Å². The Kier molecular flexibility index (Phi) is 5.52. The van der Waals surface area contributed by atoms with E-state index in [-0.39, 0.29) is 5.91 Å². The van der Waals surface area contributed by atoms with Crippen molar-refractivity contribution < 1.29 is 18.3 Å². The fourth-order valence-corrected chi connectivity index (χ4v) is 4.81. The Morgan fingerprint density at radius 3 is 2.88 bits per heavy atom. The van der Waals surface area contributed by atoms with Gasteiger partial charge in [-0.15, -0.1) is 0 Å². The molecular formula is C26H27F2N3O2. The van der Waals surface area contributed by atoms with Gasteiger partial charge in [0.25, 0.3) is 5.91 Å². The quantitative estimate of drug-likeness (QED) is 0.682. The molecular weight excluding hydrogens is 424 g/mol. The lowest BCUT2D eigenvalue weighted by atomic mass is 9.93. The number of hydrogen-bond donors (Lipinski definition) is 1. The van der Waals surface area contributed by atoms with Gasteiger partial charge < -0.3 is 15.0 Å². The summed E-state index contributed by atoms with van der Waals surface area (Å²) in [5.41, 5.74) is 3.63. The number of alkyl halides is 1. The summed E-state index contributed by atoms with van der Waals surface area (Å²) in [6.07, 6.45) is 5.33. The largest absolute Gasteiger partial charge is 0.482 e. The van der Waals surface area contributed by atoms with E-state index in [1.807, 2.05) is 38.3 Å². The third-order valence-corrected chi connectivity index (χ3v) is 6.53. The minimum absolute atomic E-state index is 0.305. The lowest BCUT2D eigenvalue weighted by molar-refractivity contribution is -0.111. The summed E-state index contributed by atoms with van der Waals surface area (Å²) < 4.78 is 33.4. The van der Waals surface area contributed by atoms with Gasteiger partial charge >= 0.3 is 0 Å². The minimum Gasteiger partial charge on any atom is -0.482 e. The first-order valence-electron chi connectivity index (χ1n) is 11.4. The van der Waals surface area contributed by atoms with Crippen LogP contribution in [-0.4, -0.2) is 47.2 Å². The van der Waals surface area contributed by atoms with E-state index >= 15 is 0 Å². The van der Waals surface area contributed by atoms with E-state index in [2.05, 4.69) is 15.2 Å². The number of carbonyl (C=O) groups excluding carboxylic acids is 1. The number of piperidine rings is 1. The zero-order valence-corrected chi connectivity index (χ0v) is 18.8. The van der Waals surface area contributed by atoms with Crippen LogP contribution in [0.4, 0.5) is 14.5 Å². The van der Waals surface area contributed by atoms with Gasteiger partial charge in [0.15, 0.2) is 0 Å². The number of aromatic nitrogens is 1. The molecule has 0 spiro atoms. The monoisotopic (exact) mass is 451 g/mol. The molecule has 0 saturated carbocycles. The second-order valence-corrected chi connectivity index (χ2v) is 9.38. The maximum absolute atomic E-state index is 13.6. The molecule has 0 bridgehead atoms. The van der Waals surface area contributed by atoms with E-state index in [1.54, 1.807) is 6.07 Å². The second kappa shape index (κ2) is 8.37. The van der Waals surface area contributed by atoms with Crippen LogP contribution in [0.3, 0.4) is 0 Å². The number of pyridine rings is 1. The molecule has 5 rings (SSSR count). The van der Waals surface area contributed by atoms with Gasteiger partial charge in [0.1, 0.15) is 23.3 Å². The fourth-order valence-electron chi connectivity index (χ4n) is 4.81. The van der Waals surface area contributed by atoms with Gasteiger partial charge in [-0.05, 0) is 63.6 Å². The molecule has 1 aromatic carbocycles. The molecule has 0 aliphatic carbocycles. The van der Waals surface area contributed by atoms with Crippen molar-refractivity contribution in [1.29, 1.82) is 0 Å². The van der Waals surface area contributed by atoms with Gasteiger partial charge in [0.2, 0.25) is 0 Å². The number of nitrogens with one attached hydrogen (secondary N) is 1. The van der Waals surface area contributed by atoms with Crippen LogP contribution in [0.2, 0.25) is 0 Å². The molecule has 5 nitrogen and oxygen atoms in total. The molecule has 7 heteroatoms. The predicted molar refractivity (Wildman–Crippen MR) is 124 cm³/mol. The Morgan fingerprint density at radius 2 is 2.12 bits per heavy atom. The molecule has 1 amide bonds. The molecule has 172 valence electrons. The third kappa shape index (κ3) is 4.29. The second-order valence-electron chi connectivity index (χ2n) is 9.38. The fraction of sp³-hybridized carbons (Fsp3) is 0.385. The minimum atomic E-state index is -0.720. The molecule has 2 aromatic rings. The van der Waals surface area contributed by atoms with Crippen LogP contribution in [-0.2, 0) is 16.0 Å². The van der Waals surface area contributed by atoms with E-state index < -0.39 is 17.6 Å². The van der Waals surface area contributed by atoms with Gasteiger partial charge in [-0.25, -0.2) is 8.78 Å². The summed E-state index contributed by atoms with van der Waals surface area (Å²) in [4.78, 5) is 19.4. The average molecular weight is 452 g/mol. The highest BCUT2D eigenvalue weighted by Gasteiger charge is 2.38. The SMILES string of the molecule is CC1(C)OC(=C2C(=O)Nc3cc(F)ccc32)C=C1c1ccc(CCN2CCCC(F)C2)nc1. The molecule has 33 heavy (non-hydrogen) atoms. The first kappa shape index (κ1) is 21.8. The summed E-state index contributed by atoms with van der Waals surface area (Å²) in [5.74, 6) is -0.242. The van der Waals surface area contributed by atoms with Crippen LogP contribution in [0.1, 0.15) is 43.5 Å². The number of hydrogen-bond acceptors (Lipinski definition) is 4. The lowest BCUT2D eigenvalue weighted by Crippen LogP contribution is -2.37. The third-order valence-electron chi connectivity index (χ3n) is 6.53. The molecule has 3 aliphatic heterocycles. The highest BCUT2D eigenvalue weighted by atomic mass is 19.1. The smallest absolute Gasteiger partial charge is 0.260 e. The number of ether oxygens (including phenoxy) is 1. The predicted octanol–water partition coefficient (Wildman–Crippen LogP) is 4.75. The number of allylic oxidation sites excluding steroid dienone is 1. The van der Waals surface area contributed by atoms with Crippen LogP contribution in [0.25, 0.3) is 11.1 Å². The Bertz CT molecular complexity index is 1150. The number of halogens is 2. The van der Waals surface area contributed by atoms with E-state index in [9.17, 15) is 13.6 Å². The van der Waals surface area contributed by atoms with Crippen LogP contribution < -0.4 is 5.32 Å². The Labute approximate surface area is 192 Å². The number of anilines is 1. The molecule has 1 fully saturated rings. The van der Waals surface area contributed by atoms with Crippen molar-refractivity contribution in [3.05, 3.63) is 71.0 Å². The summed E-state index contributed by atoms with van der Waals surface area (Å²) in [5, 5.41) is 2.71. The molecule has 1 atom stereocenters. The first-order chi connectivity index (χ1) is 15.8. The standard InChI is InChI=1S/C26H27F2N3O2/c1-26(2)21(13-23(33-26)24-20-8-6-17(27)12-22(20)30-25(24)32)16-5-7-19(29-14-16)9-11-31-10-3-4-18(28)15-31/h5-8,12-14,18H,3-4,9-11,15H2,1-2H3,(H,30,32). The van der Waals surface area contributed by atoms with Crippen molar-refractivity contribution in [3.63, 3.8) is 0 Å². The van der Waals surface area contributed by atoms with Gasteiger partial charge in [-0.3, -0.25) is 9.78 Å². The number of benzene rings is 1. The molecule has 1 unspecified atom stereocenters. The zero-order valence-electron chi connectivity index (χ0n) is 18.8. The first-order valence-corrected chi connectivity index (χ1v) is 11.4. The maximum atomic E-state index is 13.6.